The van der Waals surface area contributed by atoms with Gasteiger partial charge in [0.25, 0.3) is 11.1 Å². The van der Waals surface area contributed by atoms with Gasteiger partial charge in [0.05, 0.1) is 18.5 Å². The zero-order valence-electron chi connectivity index (χ0n) is 24.9. The first-order chi connectivity index (χ1) is 20.0. The predicted molar refractivity (Wildman–Crippen MR) is 157 cm³/mol. The number of pyridine rings is 2. The van der Waals surface area contributed by atoms with Crippen molar-refractivity contribution in [2.24, 2.45) is 0 Å². The van der Waals surface area contributed by atoms with Crippen LogP contribution >= 0.6 is 0 Å². The van der Waals surface area contributed by atoms with Crippen molar-refractivity contribution in [2.45, 2.75) is 65.5 Å². The quantitative estimate of drug-likeness (QED) is 0.256. The SMILES string of the molecule is CCc1cc(=O)n2cc(NC(C)(C)C(=O)O)cc(F)c2n1.CCc1cc(=O)n2cc(NC(C)(C)C(=O)OC)cc(F)c2n1. The number of aryl methyl sites for hydroxylation is 2. The second-order valence-electron chi connectivity index (χ2n) is 10.7. The fourth-order valence-electron chi connectivity index (χ4n) is 4.00. The summed E-state index contributed by atoms with van der Waals surface area (Å²) in [6.07, 6.45) is 3.83. The van der Waals surface area contributed by atoms with Gasteiger partial charge in [0, 0.05) is 48.0 Å². The maximum Gasteiger partial charge on any atom is 0.330 e. The summed E-state index contributed by atoms with van der Waals surface area (Å²) in [5.74, 6) is -2.92. The molecule has 12 nitrogen and oxygen atoms in total. The molecule has 4 heterocycles. The van der Waals surface area contributed by atoms with Gasteiger partial charge in [-0.3, -0.25) is 18.4 Å². The first-order valence-electron chi connectivity index (χ1n) is 13.3. The van der Waals surface area contributed by atoms with E-state index in [4.69, 9.17) is 5.11 Å². The zero-order valence-corrected chi connectivity index (χ0v) is 24.9. The Balaban J connectivity index is 0.000000236. The van der Waals surface area contributed by atoms with Crippen LogP contribution < -0.4 is 21.8 Å². The number of esters is 1. The number of anilines is 2. The average molecular weight is 601 g/mol. The van der Waals surface area contributed by atoms with Crippen LogP contribution in [-0.2, 0) is 27.2 Å². The van der Waals surface area contributed by atoms with E-state index >= 15 is 0 Å². The van der Waals surface area contributed by atoms with Crippen molar-refractivity contribution in [1.82, 2.24) is 18.8 Å². The molecule has 43 heavy (non-hydrogen) atoms. The van der Waals surface area contributed by atoms with Crippen LogP contribution in [0.5, 0.6) is 0 Å². The van der Waals surface area contributed by atoms with Crippen LogP contribution in [0.2, 0.25) is 0 Å². The number of nitrogens with zero attached hydrogens (tertiary/aromatic N) is 4. The highest BCUT2D eigenvalue weighted by atomic mass is 19.1. The van der Waals surface area contributed by atoms with Gasteiger partial charge < -0.3 is 20.5 Å². The number of ether oxygens (including phenoxy) is 1. The minimum Gasteiger partial charge on any atom is -0.480 e. The summed E-state index contributed by atoms with van der Waals surface area (Å²) in [5.41, 5.74) is -1.73. The first kappa shape index (κ1) is 32.6. The van der Waals surface area contributed by atoms with E-state index in [1.807, 2.05) is 13.8 Å². The van der Waals surface area contributed by atoms with Gasteiger partial charge in [-0.15, -0.1) is 0 Å². The van der Waals surface area contributed by atoms with E-state index in [1.54, 1.807) is 13.8 Å². The highest BCUT2D eigenvalue weighted by Gasteiger charge is 2.29. The summed E-state index contributed by atoms with van der Waals surface area (Å²) in [4.78, 5) is 55.0. The fraction of sp³-hybridized carbons (Fsp3) is 0.379. The summed E-state index contributed by atoms with van der Waals surface area (Å²) < 4.78 is 35.2. The van der Waals surface area contributed by atoms with Gasteiger partial charge in [-0.25, -0.2) is 28.3 Å². The number of hydrogen-bond donors (Lipinski definition) is 3. The summed E-state index contributed by atoms with van der Waals surface area (Å²) in [7, 11) is 1.27. The minimum atomic E-state index is -1.29. The third-order valence-corrected chi connectivity index (χ3v) is 6.41. The number of aromatic nitrogens is 4. The molecule has 0 fully saturated rings. The fourth-order valence-corrected chi connectivity index (χ4v) is 4.00. The van der Waals surface area contributed by atoms with E-state index in [1.165, 1.54) is 51.6 Å². The molecule has 4 aromatic heterocycles. The third-order valence-electron chi connectivity index (χ3n) is 6.41. The van der Waals surface area contributed by atoms with Crippen LogP contribution in [0.25, 0.3) is 11.3 Å². The highest BCUT2D eigenvalue weighted by molar-refractivity contribution is 5.83. The molecule has 230 valence electrons. The van der Waals surface area contributed by atoms with Crippen molar-refractivity contribution in [3.63, 3.8) is 0 Å². The Hall–Kier alpha value is -4.88. The number of methoxy groups -OCH3 is 1. The van der Waals surface area contributed by atoms with Gasteiger partial charge in [0.1, 0.15) is 11.1 Å². The third kappa shape index (κ3) is 7.31. The van der Waals surface area contributed by atoms with Gasteiger partial charge in [0.2, 0.25) is 0 Å². The molecule has 0 saturated heterocycles. The van der Waals surface area contributed by atoms with Crippen LogP contribution in [-0.4, -0.2) is 54.0 Å². The molecular formula is C29H34F2N6O6. The topological polar surface area (TPSA) is 156 Å². The standard InChI is InChI=1S/C15H18FN3O3.C14H16FN3O3/c1-5-9-7-12(20)19-8-10(6-11(16)13(19)17-9)18-15(2,3)14(21)22-4;1-4-8-6-11(19)18-7-9(5-10(15)12(18)16-8)17-14(2,3)13(20)21/h6-8,18H,5H2,1-4H3;5-7,17H,4H2,1-3H3,(H,20,21). The maximum absolute atomic E-state index is 14.2. The summed E-state index contributed by atoms with van der Waals surface area (Å²) in [6.45, 7) is 9.74. The van der Waals surface area contributed by atoms with E-state index in [-0.39, 0.29) is 28.2 Å². The second-order valence-corrected chi connectivity index (χ2v) is 10.7. The highest BCUT2D eigenvalue weighted by Crippen LogP contribution is 2.20. The Labute approximate surface area is 245 Å². The lowest BCUT2D eigenvalue weighted by Gasteiger charge is -2.24. The number of carboxylic acid groups (broad SMARTS) is 1. The van der Waals surface area contributed by atoms with Crippen molar-refractivity contribution in [1.29, 1.82) is 0 Å². The average Bonchev–Trinajstić information content (AvgIpc) is 2.93. The first-order valence-corrected chi connectivity index (χ1v) is 13.3. The molecule has 0 atom stereocenters. The van der Waals surface area contributed by atoms with Crippen LogP contribution in [0.1, 0.15) is 52.9 Å². The van der Waals surface area contributed by atoms with Gasteiger partial charge in [0.15, 0.2) is 22.9 Å². The molecule has 14 heteroatoms. The molecule has 0 spiro atoms. The number of fused-ring (bicyclic) bond motifs is 2. The van der Waals surface area contributed by atoms with Crippen molar-refractivity contribution >= 4 is 34.6 Å². The van der Waals surface area contributed by atoms with E-state index in [0.29, 0.717) is 24.2 Å². The van der Waals surface area contributed by atoms with E-state index in [2.05, 4.69) is 25.3 Å². The van der Waals surface area contributed by atoms with E-state index in [9.17, 15) is 28.0 Å². The molecule has 4 aromatic rings. The van der Waals surface area contributed by atoms with Crippen molar-refractivity contribution in [3.05, 3.63) is 80.4 Å². The Bertz CT molecular complexity index is 1820. The molecule has 0 unspecified atom stereocenters. The molecule has 0 aliphatic rings. The van der Waals surface area contributed by atoms with Gasteiger partial charge in [-0.2, -0.15) is 0 Å². The summed E-state index contributed by atoms with van der Waals surface area (Å²) >= 11 is 0. The normalized spacial score (nSPS) is 11.6. The van der Waals surface area contributed by atoms with Crippen molar-refractivity contribution < 1.29 is 28.2 Å². The lowest BCUT2D eigenvalue weighted by Crippen LogP contribution is -2.41. The molecule has 0 amide bonds. The van der Waals surface area contributed by atoms with Crippen LogP contribution in [0.15, 0.2) is 46.2 Å². The molecule has 3 N–H and O–H groups in total. The summed E-state index contributed by atoms with van der Waals surface area (Å²) in [6, 6.07) is 5.03. The Morgan fingerprint density at radius 2 is 1.21 bits per heavy atom. The number of hydrogen-bond acceptors (Lipinski definition) is 9. The smallest absolute Gasteiger partial charge is 0.330 e. The lowest BCUT2D eigenvalue weighted by molar-refractivity contribution is -0.144. The molecule has 0 aliphatic carbocycles. The number of carbonyl (C=O) groups is 2. The summed E-state index contributed by atoms with van der Waals surface area (Å²) in [5, 5.41) is 14.6. The number of carboxylic acids is 1. The number of aliphatic carboxylic acids is 1. The minimum absolute atomic E-state index is 0.0363. The number of halogens is 2. The molecule has 0 saturated carbocycles. The molecule has 0 aliphatic heterocycles. The Morgan fingerprint density at radius 1 is 0.814 bits per heavy atom. The van der Waals surface area contributed by atoms with Crippen LogP contribution in [0.4, 0.5) is 20.2 Å². The lowest BCUT2D eigenvalue weighted by atomic mass is 10.1. The molecule has 0 aromatic carbocycles. The Kier molecular flexibility index (Phi) is 9.52. The van der Waals surface area contributed by atoms with Crippen LogP contribution in [0, 0.1) is 11.6 Å². The molecule has 4 rings (SSSR count). The maximum atomic E-state index is 14.2. The largest absolute Gasteiger partial charge is 0.480 e. The van der Waals surface area contributed by atoms with Gasteiger partial charge in [-0.1, -0.05) is 13.8 Å². The van der Waals surface area contributed by atoms with Crippen molar-refractivity contribution in [2.75, 3.05) is 17.7 Å². The van der Waals surface area contributed by atoms with Crippen molar-refractivity contribution in [3.8, 4) is 0 Å². The molecule has 0 radical (unpaired) electrons. The van der Waals surface area contributed by atoms with Crippen LogP contribution in [0.3, 0.4) is 0 Å². The van der Waals surface area contributed by atoms with E-state index in [0.717, 1.165) is 14.9 Å². The molecule has 0 bridgehead atoms. The van der Waals surface area contributed by atoms with Gasteiger partial charge >= 0.3 is 11.9 Å². The Morgan fingerprint density at radius 3 is 1.56 bits per heavy atom. The van der Waals surface area contributed by atoms with E-state index < -0.39 is 40.2 Å². The second kappa shape index (κ2) is 12.5. The van der Waals surface area contributed by atoms with Gasteiger partial charge in [-0.05, 0) is 40.5 Å². The number of carbonyl (C=O) groups excluding carboxylic acids is 1. The monoisotopic (exact) mass is 600 g/mol. The molecular weight excluding hydrogens is 566 g/mol. The zero-order chi connectivity index (χ0) is 32.3. The number of rotatable bonds is 8. The number of nitrogens with one attached hydrogen (secondary N) is 2. The predicted octanol–water partition coefficient (Wildman–Crippen LogP) is 3.43.